The molecule has 0 saturated heterocycles. The van der Waals surface area contributed by atoms with Crippen LogP contribution in [0.1, 0.15) is 28.4 Å². The first-order valence-corrected chi connectivity index (χ1v) is 10.3. The Hall–Kier alpha value is -3.80. The fourth-order valence-electron chi connectivity index (χ4n) is 3.32. The van der Waals surface area contributed by atoms with Crippen molar-refractivity contribution >= 4 is 11.9 Å². The van der Waals surface area contributed by atoms with Gasteiger partial charge in [-0.3, -0.25) is 4.79 Å². The van der Waals surface area contributed by atoms with Crippen molar-refractivity contribution in [1.82, 2.24) is 4.90 Å². The molecule has 0 heterocycles. The van der Waals surface area contributed by atoms with Gasteiger partial charge in [-0.1, -0.05) is 60.7 Å². The zero-order valence-electron chi connectivity index (χ0n) is 18.5. The Morgan fingerprint density at radius 2 is 1.38 bits per heavy atom. The van der Waals surface area contributed by atoms with E-state index in [-0.39, 0.29) is 11.5 Å². The Labute approximate surface area is 188 Å². The highest BCUT2D eigenvalue weighted by Gasteiger charge is 2.26. The van der Waals surface area contributed by atoms with E-state index in [0.717, 1.165) is 11.1 Å². The highest BCUT2D eigenvalue weighted by Crippen LogP contribution is 2.25. The average molecular weight is 434 g/mol. The Morgan fingerprint density at radius 1 is 0.812 bits per heavy atom. The van der Waals surface area contributed by atoms with Crippen LogP contribution in [-0.2, 0) is 22.6 Å². The minimum Gasteiger partial charge on any atom is -0.497 e. The monoisotopic (exact) mass is 433 g/mol. The van der Waals surface area contributed by atoms with Crippen LogP contribution in [0, 0.1) is 0 Å². The lowest BCUT2D eigenvalue weighted by atomic mass is 10.1. The van der Waals surface area contributed by atoms with Crippen molar-refractivity contribution in [2.45, 2.75) is 26.1 Å². The largest absolute Gasteiger partial charge is 0.497 e. The van der Waals surface area contributed by atoms with E-state index in [0.29, 0.717) is 24.6 Å². The molecule has 1 atom stereocenters. The molecule has 3 rings (SSSR count). The second-order valence-electron chi connectivity index (χ2n) is 7.28. The second-order valence-corrected chi connectivity index (χ2v) is 7.28. The van der Waals surface area contributed by atoms with E-state index in [4.69, 9.17) is 14.2 Å². The molecule has 32 heavy (non-hydrogen) atoms. The molecule has 3 aromatic carbocycles. The van der Waals surface area contributed by atoms with Gasteiger partial charge in [0.25, 0.3) is 5.91 Å². The number of carbonyl (C=O) groups is 2. The summed E-state index contributed by atoms with van der Waals surface area (Å²) in [6, 6.07) is 24.2. The molecule has 0 fully saturated rings. The second kappa shape index (κ2) is 11.0. The zero-order valence-corrected chi connectivity index (χ0v) is 18.5. The molecule has 0 bridgehead atoms. The minimum atomic E-state index is -0.971. The number of methoxy groups -OCH3 is 2. The summed E-state index contributed by atoms with van der Waals surface area (Å²) < 4.78 is 16.0. The van der Waals surface area contributed by atoms with Gasteiger partial charge in [0.15, 0.2) is 6.10 Å². The van der Waals surface area contributed by atoms with Gasteiger partial charge in [-0.15, -0.1) is 0 Å². The third-order valence-electron chi connectivity index (χ3n) is 5.00. The number of ether oxygens (including phenoxy) is 3. The first-order valence-electron chi connectivity index (χ1n) is 10.3. The summed E-state index contributed by atoms with van der Waals surface area (Å²) in [5.74, 6) is -0.0397. The molecule has 0 aliphatic heterocycles. The van der Waals surface area contributed by atoms with Gasteiger partial charge in [-0.2, -0.15) is 0 Å². The van der Waals surface area contributed by atoms with E-state index >= 15 is 0 Å². The van der Waals surface area contributed by atoms with Crippen molar-refractivity contribution in [3.8, 4) is 11.5 Å². The number of carbonyl (C=O) groups excluding carboxylic acids is 2. The van der Waals surface area contributed by atoms with Crippen LogP contribution in [0.3, 0.4) is 0 Å². The SMILES string of the molecule is COc1ccc(C(=O)O[C@H](C)C(=O)N(Cc2ccccc2)Cc2ccccc2)c(OC)c1. The molecule has 0 aliphatic carbocycles. The molecule has 0 aromatic heterocycles. The molecule has 6 heteroatoms. The molecule has 0 N–H and O–H groups in total. The molecule has 6 nitrogen and oxygen atoms in total. The molecule has 0 saturated carbocycles. The highest BCUT2D eigenvalue weighted by atomic mass is 16.5. The van der Waals surface area contributed by atoms with Crippen molar-refractivity contribution in [1.29, 1.82) is 0 Å². The Morgan fingerprint density at radius 3 is 1.88 bits per heavy atom. The van der Waals surface area contributed by atoms with Crippen molar-refractivity contribution in [3.05, 3.63) is 95.6 Å². The summed E-state index contributed by atoms with van der Waals surface area (Å²) in [5.41, 5.74) is 2.21. The number of hydrogen-bond donors (Lipinski definition) is 0. The van der Waals surface area contributed by atoms with Crippen LogP contribution in [0.15, 0.2) is 78.9 Å². The summed E-state index contributed by atoms with van der Waals surface area (Å²) in [7, 11) is 2.99. The molecule has 0 radical (unpaired) electrons. The molecule has 0 unspecified atom stereocenters. The summed E-state index contributed by atoms with van der Waals surface area (Å²) in [4.78, 5) is 27.7. The van der Waals surface area contributed by atoms with Crippen molar-refractivity contribution in [2.24, 2.45) is 0 Å². The van der Waals surface area contributed by atoms with E-state index < -0.39 is 12.1 Å². The summed E-state index contributed by atoms with van der Waals surface area (Å²) in [6.45, 7) is 2.39. The quantitative estimate of drug-likeness (QED) is 0.466. The third kappa shape index (κ3) is 5.88. The lowest BCUT2D eigenvalue weighted by Crippen LogP contribution is -2.39. The van der Waals surface area contributed by atoms with Gasteiger partial charge in [0.05, 0.1) is 14.2 Å². The number of nitrogens with zero attached hydrogens (tertiary/aromatic N) is 1. The standard InChI is InChI=1S/C26H27NO5/c1-19(32-26(29)23-15-14-22(30-2)16-24(23)31-3)25(28)27(17-20-10-6-4-7-11-20)18-21-12-8-5-9-13-21/h4-16,19H,17-18H2,1-3H3/t19-/m1/s1. The van der Waals surface area contributed by atoms with Crippen LogP contribution < -0.4 is 9.47 Å². The molecule has 166 valence electrons. The van der Waals surface area contributed by atoms with Gasteiger partial charge in [0, 0.05) is 19.2 Å². The van der Waals surface area contributed by atoms with Crippen LogP contribution in [-0.4, -0.2) is 37.1 Å². The van der Waals surface area contributed by atoms with Crippen LogP contribution in [0.4, 0.5) is 0 Å². The maximum Gasteiger partial charge on any atom is 0.342 e. The van der Waals surface area contributed by atoms with E-state index in [9.17, 15) is 9.59 Å². The summed E-state index contributed by atoms with van der Waals surface area (Å²) in [5, 5.41) is 0. The first kappa shape index (κ1) is 22.9. The fraction of sp³-hybridized carbons (Fsp3) is 0.231. The maximum atomic E-state index is 13.3. The normalized spacial score (nSPS) is 11.3. The summed E-state index contributed by atoms with van der Waals surface area (Å²) >= 11 is 0. The first-order chi connectivity index (χ1) is 15.5. The van der Waals surface area contributed by atoms with E-state index in [1.165, 1.54) is 14.2 Å². The lowest BCUT2D eigenvalue weighted by molar-refractivity contribution is -0.141. The number of rotatable bonds is 9. The predicted octanol–water partition coefficient (Wildman–Crippen LogP) is 4.48. The Balaban J connectivity index is 1.76. The van der Waals surface area contributed by atoms with Crippen molar-refractivity contribution in [3.63, 3.8) is 0 Å². The fourth-order valence-corrected chi connectivity index (χ4v) is 3.32. The van der Waals surface area contributed by atoms with Crippen LogP contribution in [0.25, 0.3) is 0 Å². The number of benzene rings is 3. The number of hydrogen-bond acceptors (Lipinski definition) is 5. The highest BCUT2D eigenvalue weighted by molar-refractivity contribution is 5.95. The topological polar surface area (TPSA) is 65.1 Å². The van der Waals surface area contributed by atoms with Gasteiger partial charge >= 0.3 is 5.97 Å². The van der Waals surface area contributed by atoms with E-state index in [1.807, 2.05) is 60.7 Å². The minimum absolute atomic E-state index is 0.227. The van der Waals surface area contributed by atoms with Crippen molar-refractivity contribution in [2.75, 3.05) is 14.2 Å². The van der Waals surface area contributed by atoms with Gasteiger partial charge in [-0.25, -0.2) is 4.79 Å². The van der Waals surface area contributed by atoms with Gasteiger partial charge in [-0.05, 0) is 30.2 Å². The van der Waals surface area contributed by atoms with Crippen LogP contribution in [0.5, 0.6) is 11.5 Å². The molecular formula is C26H27NO5. The van der Waals surface area contributed by atoms with Gasteiger partial charge in [0.2, 0.25) is 0 Å². The van der Waals surface area contributed by atoms with Crippen LogP contribution in [0.2, 0.25) is 0 Å². The van der Waals surface area contributed by atoms with Gasteiger partial charge in [0.1, 0.15) is 17.1 Å². The smallest absolute Gasteiger partial charge is 0.342 e. The number of esters is 1. The molecule has 3 aromatic rings. The molecular weight excluding hydrogens is 406 g/mol. The van der Waals surface area contributed by atoms with E-state index in [2.05, 4.69) is 0 Å². The Bertz CT molecular complexity index is 995. The maximum absolute atomic E-state index is 13.3. The molecule has 0 aliphatic rings. The molecule has 1 amide bonds. The summed E-state index contributed by atoms with van der Waals surface area (Å²) in [6.07, 6.45) is -0.971. The van der Waals surface area contributed by atoms with Crippen molar-refractivity contribution < 1.29 is 23.8 Å². The Kier molecular flexibility index (Phi) is 7.86. The molecule has 0 spiro atoms. The van der Waals surface area contributed by atoms with E-state index in [1.54, 1.807) is 30.0 Å². The van der Waals surface area contributed by atoms with Gasteiger partial charge < -0.3 is 19.1 Å². The zero-order chi connectivity index (χ0) is 22.9. The van der Waals surface area contributed by atoms with Crippen LogP contribution >= 0.6 is 0 Å². The number of amides is 1. The predicted molar refractivity (Wildman–Crippen MR) is 122 cm³/mol. The third-order valence-corrected chi connectivity index (χ3v) is 5.00. The average Bonchev–Trinajstić information content (AvgIpc) is 2.83. The lowest BCUT2D eigenvalue weighted by Gasteiger charge is -2.26.